The van der Waals surface area contributed by atoms with Crippen molar-refractivity contribution >= 4 is 11.6 Å². The van der Waals surface area contributed by atoms with Crippen molar-refractivity contribution in [3.63, 3.8) is 0 Å². The summed E-state index contributed by atoms with van der Waals surface area (Å²) in [5.74, 6) is 3.70. The van der Waals surface area contributed by atoms with E-state index in [0.717, 1.165) is 49.3 Å². The molecular formula is C13H22N4. The lowest BCUT2D eigenvalue weighted by atomic mass is 10.3. The maximum atomic E-state index is 4.54. The second kappa shape index (κ2) is 5.84. The molecule has 0 unspecified atom stereocenters. The number of rotatable bonds is 7. The molecule has 0 spiro atoms. The van der Waals surface area contributed by atoms with E-state index in [1.165, 1.54) is 12.8 Å². The summed E-state index contributed by atoms with van der Waals surface area (Å²) in [6.07, 6.45) is 4.74. The average molecular weight is 234 g/mol. The van der Waals surface area contributed by atoms with E-state index in [4.69, 9.17) is 0 Å². The number of hydrogen-bond donors (Lipinski definition) is 2. The lowest BCUT2D eigenvalue weighted by molar-refractivity contribution is 0.826. The third-order valence-corrected chi connectivity index (χ3v) is 2.87. The number of anilines is 2. The highest BCUT2D eigenvalue weighted by atomic mass is 15.1. The van der Waals surface area contributed by atoms with Gasteiger partial charge in [0, 0.05) is 25.6 Å². The summed E-state index contributed by atoms with van der Waals surface area (Å²) in [7, 11) is 0. The first-order valence-electron chi connectivity index (χ1n) is 6.67. The minimum absolute atomic E-state index is 0.863. The fourth-order valence-electron chi connectivity index (χ4n) is 1.77. The van der Waals surface area contributed by atoms with Crippen molar-refractivity contribution in [2.75, 3.05) is 23.7 Å². The molecule has 1 aromatic heterocycles. The van der Waals surface area contributed by atoms with Crippen LogP contribution in [0.3, 0.4) is 0 Å². The Balaban J connectivity index is 2.04. The van der Waals surface area contributed by atoms with Crippen LogP contribution in [0.15, 0.2) is 6.07 Å². The standard InChI is InChI=1S/C13H22N4/c1-3-5-11-16-12(14-4-2)8-13(17-11)15-9-10-6-7-10/h8,10H,3-7,9H2,1-2H3,(H2,14,15,16,17). The monoisotopic (exact) mass is 234 g/mol. The Morgan fingerprint density at radius 2 is 1.88 bits per heavy atom. The van der Waals surface area contributed by atoms with Crippen molar-refractivity contribution in [3.8, 4) is 0 Å². The summed E-state index contributed by atoms with van der Waals surface area (Å²) in [6.45, 7) is 6.18. The maximum absolute atomic E-state index is 4.54. The number of aromatic nitrogens is 2. The Bertz CT molecular complexity index is 336. The maximum Gasteiger partial charge on any atom is 0.133 e. The van der Waals surface area contributed by atoms with Gasteiger partial charge in [0.05, 0.1) is 0 Å². The van der Waals surface area contributed by atoms with Crippen molar-refractivity contribution in [2.24, 2.45) is 5.92 Å². The summed E-state index contributed by atoms with van der Waals surface area (Å²) < 4.78 is 0. The van der Waals surface area contributed by atoms with E-state index in [1.807, 2.05) is 6.07 Å². The normalized spacial score (nSPS) is 14.7. The van der Waals surface area contributed by atoms with Crippen LogP contribution in [0.5, 0.6) is 0 Å². The summed E-state index contributed by atoms with van der Waals surface area (Å²) in [6, 6.07) is 2.00. The van der Waals surface area contributed by atoms with Gasteiger partial charge in [-0.25, -0.2) is 9.97 Å². The topological polar surface area (TPSA) is 49.8 Å². The molecule has 1 heterocycles. The van der Waals surface area contributed by atoms with E-state index < -0.39 is 0 Å². The molecule has 2 N–H and O–H groups in total. The highest BCUT2D eigenvalue weighted by molar-refractivity contribution is 5.47. The third kappa shape index (κ3) is 3.88. The van der Waals surface area contributed by atoms with E-state index in [9.17, 15) is 0 Å². The molecule has 0 bridgehead atoms. The summed E-state index contributed by atoms with van der Waals surface area (Å²) in [5.41, 5.74) is 0. The Hall–Kier alpha value is -1.32. The largest absolute Gasteiger partial charge is 0.370 e. The molecule has 1 aromatic rings. The number of nitrogens with one attached hydrogen (secondary N) is 2. The number of hydrogen-bond acceptors (Lipinski definition) is 4. The van der Waals surface area contributed by atoms with Gasteiger partial charge in [0.1, 0.15) is 17.5 Å². The molecule has 1 saturated carbocycles. The number of aryl methyl sites for hydroxylation is 1. The summed E-state index contributed by atoms with van der Waals surface area (Å²) in [4.78, 5) is 9.04. The lowest BCUT2D eigenvalue weighted by Gasteiger charge is -2.10. The molecule has 1 fully saturated rings. The van der Waals surface area contributed by atoms with Gasteiger partial charge in [0.15, 0.2) is 0 Å². The van der Waals surface area contributed by atoms with E-state index in [2.05, 4.69) is 34.4 Å². The van der Waals surface area contributed by atoms with Crippen LogP contribution in [0, 0.1) is 5.92 Å². The van der Waals surface area contributed by atoms with Crippen LogP contribution >= 0.6 is 0 Å². The van der Waals surface area contributed by atoms with E-state index in [0.29, 0.717) is 0 Å². The van der Waals surface area contributed by atoms with Gasteiger partial charge < -0.3 is 10.6 Å². The second-order valence-corrected chi connectivity index (χ2v) is 4.66. The molecule has 0 aliphatic heterocycles. The molecule has 0 aromatic carbocycles. The van der Waals surface area contributed by atoms with Crippen LogP contribution < -0.4 is 10.6 Å². The quantitative estimate of drug-likeness (QED) is 0.761. The van der Waals surface area contributed by atoms with Gasteiger partial charge in [-0.15, -0.1) is 0 Å². The first-order valence-corrected chi connectivity index (χ1v) is 6.67. The molecule has 4 nitrogen and oxygen atoms in total. The molecule has 1 aliphatic carbocycles. The van der Waals surface area contributed by atoms with Crippen molar-refractivity contribution in [1.82, 2.24) is 9.97 Å². The molecule has 94 valence electrons. The lowest BCUT2D eigenvalue weighted by Crippen LogP contribution is -2.09. The van der Waals surface area contributed by atoms with Crippen LogP contribution in [0.2, 0.25) is 0 Å². The zero-order valence-corrected chi connectivity index (χ0v) is 10.8. The first kappa shape index (κ1) is 12.1. The highest BCUT2D eigenvalue weighted by Crippen LogP contribution is 2.28. The molecule has 0 atom stereocenters. The zero-order chi connectivity index (χ0) is 12.1. The van der Waals surface area contributed by atoms with Crippen molar-refractivity contribution in [3.05, 3.63) is 11.9 Å². The van der Waals surface area contributed by atoms with E-state index >= 15 is 0 Å². The van der Waals surface area contributed by atoms with Crippen molar-refractivity contribution in [1.29, 1.82) is 0 Å². The minimum atomic E-state index is 0.863. The molecule has 1 aliphatic rings. The summed E-state index contributed by atoms with van der Waals surface area (Å²) >= 11 is 0. The molecule has 4 heteroatoms. The molecule has 0 radical (unpaired) electrons. The van der Waals surface area contributed by atoms with Gasteiger partial charge in [-0.2, -0.15) is 0 Å². The molecule has 0 amide bonds. The van der Waals surface area contributed by atoms with E-state index in [1.54, 1.807) is 0 Å². The Morgan fingerprint density at radius 1 is 1.18 bits per heavy atom. The molecular weight excluding hydrogens is 212 g/mol. The van der Waals surface area contributed by atoms with Crippen molar-refractivity contribution < 1.29 is 0 Å². The van der Waals surface area contributed by atoms with Gasteiger partial charge in [0.2, 0.25) is 0 Å². The van der Waals surface area contributed by atoms with Crippen LogP contribution in [0.1, 0.15) is 38.9 Å². The Kier molecular flexibility index (Phi) is 4.18. The van der Waals surface area contributed by atoms with E-state index in [-0.39, 0.29) is 0 Å². The summed E-state index contributed by atoms with van der Waals surface area (Å²) in [5, 5.41) is 6.67. The number of nitrogens with zero attached hydrogens (tertiary/aromatic N) is 2. The smallest absolute Gasteiger partial charge is 0.133 e. The van der Waals surface area contributed by atoms with Crippen LogP contribution in [0.4, 0.5) is 11.6 Å². The average Bonchev–Trinajstić information content (AvgIpc) is 3.11. The predicted molar refractivity (Wildman–Crippen MR) is 71.4 cm³/mol. The molecule has 0 saturated heterocycles. The first-order chi connectivity index (χ1) is 8.31. The Morgan fingerprint density at radius 3 is 2.47 bits per heavy atom. The van der Waals surface area contributed by atoms with Crippen LogP contribution in [-0.2, 0) is 6.42 Å². The second-order valence-electron chi connectivity index (χ2n) is 4.66. The SMILES string of the molecule is CCCc1nc(NCC)cc(NCC2CC2)n1. The van der Waals surface area contributed by atoms with Gasteiger partial charge in [-0.3, -0.25) is 0 Å². The predicted octanol–water partition coefficient (Wildman–Crippen LogP) is 2.68. The zero-order valence-electron chi connectivity index (χ0n) is 10.8. The van der Waals surface area contributed by atoms with Gasteiger partial charge >= 0.3 is 0 Å². The minimum Gasteiger partial charge on any atom is -0.370 e. The van der Waals surface area contributed by atoms with Crippen LogP contribution in [0.25, 0.3) is 0 Å². The van der Waals surface area contributed by atoms with Gasteiger partial charge in [0.25, 0.3) is 0 Å². The molecule has 2 rings (SSSR count). The fourth-order valence-corrected chi connectivity index (χ4v) is 1.77. The highest BCUT2D eigenvalue weighted by Gasteiger charge is 2.20. The van der Waals surface area contributed by atoms with Gasteiger partial charge in [-0.1, -0.05) is 6.92 Å². The van der Waals surface area contributed by atoms with Crippen LogP contribution in [-0.4, -0.2) is 23.1 Å². The fraction of sp³-hybridized carbons (Fsp3) is 0.692. The van der Waals surface area contributed by atoms with Gasteiger partial charge in [-0.05, 0) is 32.1 Å². The molecule has 17 heavy (non-hydrogen) atoms. The third-order valence-electron chi connectivity index (χ3n) is 2.87. The van der Waals surface area contributed by atoms with Crippen molar-refractivity contribution in [2.45, 2.75) is 39.5 Å². The Labute approximate surface area is 103 Å².